The van der Waals surface area contributed by atoms with Gasteiger partial charge in [-0.2, -0.15) is 0 Å². The topological polar surface area (TPSA) is 37.3 Å². The van der Waals surface area contributed by atoms with Crippen molar-refractivity contribution < 1.29 is 9.90 Å². The van der Waals surface area contributed by atoms with Crippen molar-refractivity contribution >= 4 is 5.97 Å². The van der Waals surface area contributed by atoms with Crippen molar-refractivity contribution in [1.29, 1.82) is 0 Å². The van der Waals surface area contributed by atoms with Gasteiger partial charge in [0.15, 0.2) is 0 Å². The predicted octanol–water partition coefficient (Wildman–Crippen LogP) is 0.647. The zero-order chi connectivity index (χ0) is 5.44. The molecule has 1 N–H and O–H groups in total. The Bertz CT molecular complexity index is 126. The van der Waals surface area contributed by atoms with Crippen molar-refractivity contribution in [3.8, 4) is 0 Å². The standard InChI is InChI=1S/C5H6O2/c1-3-2-4(3)5(6)7/h4H,1-2H2,(H,6,7)/t4-/m1/s1. The van der Waals surface area contributed by atoms with E-state index in [0.29, 0.717) is 6.42 Å². The highest BCUT2D eigenvalue weighted by Crippen LogP contribution is 2.35. The van der Waals surface area contributed by atoms with Crippen LogP contribution in [0.1, 0.15) is 6.42 Å². The quantitative estimate of drug-likeness (QED) is 0.489. The third-order valence-electron chi connectivity index (χ3n) is 1.10. The summed E-state index contributed by atoms with van der Waals surface area (Å²) in [7, 11) is 0. The molecule has 0 amide bonds. The Kier molecular flexibility index (Phi) is 0.680. The highest BCUT2D eigenvalue weighted by molar-refractivity contribution is 5.78. The van der Waals surface area contributed by atoms with Crippen LogP contribution in [0.2, 0.25) is 0 Å². The summed E-state index contributed by atoms with van der Waals surface area (Å²) in [6.07, 6.45) is 0.690. The minimum Gasteiger partial charge on any atom is -0.481 e. The Morgan fingerprint density at radius 1 is 2.00 bits per heavy atom. The molecule has 1 fully saturated rings. The number of hydrogen-bond donors (Lipinski definition) is 1. The summed E-state index contributed by atoms with van der Waals surface area (Å²) in [5.74, 6) is -0.940. The van der Waals surface area contributed by atoms with E-state index in [1.807, 2.05) is 0 Å². The van der Waals surface area contributed by atoms with Gasteiger partial charge in [0.2, 0.25) is 0 Å². The van der Waals surface area contributed by atoms with E-state index in [9.17, 15) is 4.79 Å². The Morgan fingerprint density at radius 2 is 2.43 bits per heavy atom. The van der Waals surface area contributed by atoms with Gasteiger partial charge in [0.25, 0.3) is 0 Å². The maximum absolute atomic E-state index is 9.91. The molecule has 0 bridgehead atoms. The summed E-state index contributed by atoms with van der Waals surface area (Å²) in [5, 5.41) is 8.16. The Labute approximate surface area is 41.5 Å². The van der Waals surface area contributed by atoms with Gasteiger partial charge in [-0.05, 0) is 6.42 Å². The van der Waals surface area contributed by atoms with Crippen LogP contribution in [0.15, 0.2) is 12.2 Å². The van der Waals surface area contributed by atoms with Gasteiger partial charge in [-0.3, -0.25) is 4.79 Å². The molecule has 1 atom stereocenters. The van der Waals surface area contributed by atoms with Gasteiger partial charge in [-0.15, -0.1) is 0 Å². The van der Waals surface area contributed by atoms with E-state index in [-0.39, 0.29) is 5.92 Å². The van der Waals surface area contributed by atoms with E-state index < -0.39 is 5.97 Å². The molecular weight excluding hydrogens is 92.1 g/mol. The van der Waals surface area contributed by atoms with Crippen LogP contribution < -0.4 is 0 Å². The molecule has 1 saturated carbocycles. The molecule has 0 aromatic heterocycles. The van der Waals surface area contributed by atoms with Gasteiger partial charge < -0.3 is 5.11 Å². The van der Waals surface area contributed by atoms with Crippen LogP contribution in [0.3, 0.4) is 0 Å². The summed E-state index contributed by atoms with van der Waals surface area (Å²) < 4.78 is 0. The first-order chi connectivity index (χ1) is 3.22. The first-order valence-corrected chi connectivity index (χ1v) is 2.12. The second-order valence-corrected chi connectivity index (χ2v) is 1.75. The lowest BCUT2D eigenvalue weighted by Gasteiger charge is -1.76. The molecule has 1 rings (SSSR count). The van der Waals surface area contributed by atoms with Gasteiger partial charge in [0.05, 0.1) is 5.92 Å². The van der Waals surface area contributed by atoms with Crippen molar-refractivity contribution in [1.82, 2.24) is 0 Å². The molecule has 0 saturated heterocycles. The molecule has 0 spiro atoms. The highest BCUT2D eigenvalue weighted by Gasteiger charge is 2.34. The fourth-order valence-electron chi connectivity index (χ4n) is 0.465. The molecule has 0 heterocycles. The van der Waals surface area contributed by atoms with E-state index >= 15 is 0 Å². The van der Waals surface area contributed by atoms with Crippen molar-refractivity contribution in [2.24, 2.45) is 5.92 Å². The normalized spacial score (nSPS) is 27.4. The van der Waals surface area contributed by atoms with Gasteiger partial charge in [-0.25, -0.2) is 0 Å². The van der Waals surface area contributed by atoms with Gasteiger partial charge in [0, 0.05) is 0 Å². The van der Waals surface area contributed by atoms with Crippen molar-refractivity contribution in [3.05, 3.63) is 12.2 Å². The van der Waals surface area contributed by atoms with Crippen LogP contribution in [0.4, 0.5) is 0 Å². The molecule has 7 heavy (non-hydrogen) atoms. The summed E-state index contributed by atoms with van der Waals surface area (Å²) in [4.78, 5) is 9.91. The third-order valence-corrected chi connectivity index (χ3v) is 1.10. The van der Waals surface area contributed by atoms with Gasteiger partial charge in [0.1, 0.15) is 0 Å². The van der Waals surface area contributed by atoms with Gasteiger partial charge >= 0.3 is 5.97 Å². The number of carboxylic acids is 1. The van der Waals surface area contributed by atoms with Crippen LogP contribution in [-0.2, 0) is 4.79 Å². The number of hydrogen-bond acceptors (Lipinski definition) is 1. The summed E-state index contributed by atoms with van der Waals surface area (Å²) in [6, 6.07) is 0. The number of carboxylic acid groups (broad SMARTS) is 1. The molecule has 2 nitrogen and oxygen atoms in total. The first kappa shape index (κ1) is 4.37. The molecule has 1 aliphatic rings. The number of aliphatic carboxylic acids is 1. The zero-order valence-corrected chi connectivity index (χ0v) is 3.85. The van der Waals surface area contributed by atoms with E-state index in [1.54, 1.807) is 0 Å². The lowest BCUT2D eigenvalue weighted by molar-refractivity contribution is -0.138. The fourth-order valence-corrected chi connectivity index (χ4v) is 0.465. The Hall–Kier alpha value is -0.790. The lowest BCUT2D eigenvalue weighted by atomic mass is 10.4. The summed E-state index contributed by atoms with van der Waals surface area (Å²) in [6.45, 7) is 3.49. The minimum atomic E-state index is -0.731. The van der Waals surface area contributed by atoms with E-state index in [4.69, 9.17) is 5.11 Å². The first-order valence-electron chi connectivity index (χ1n) is 2.12. The van der Waals surface area contributed by atoms with E-state index in [0.717, 1.165) is 5.57 Å². The number of rotatable bonds is 1. The SMILES string of the molecule is C=C1C[C@H]1C(=O)O. The Morgan fingerprint density at radius 3 is 2.43 bits per heavy atom. The van der Waals surface area contributed by atoms with E-state index in [2.05, 4.69) is 6.58 Å². The van der Waals surface area contributed by atoms with Crippen LogP contribution in [-0.4, -0.2) is 11.1 Å². The van der Waals surface area contributed by atoms with Crippen molar-refractivity contribution in [3.63, 3.8) is 0 Å². The molecule has 0 aromatic rings. The maximum atomic E-state index is 9.91. The van der Waals surface area contributed by atoms with E-state index in [1.165, 1.54) is 0 Å². The minimum absolute atomic E-state index is 0.208. The van der Waals surface area contributed by atoms with Crippen molar-refractivity contribution in [2.75, 3.05) is 0 Å². The number of carbonyl (C=O) groups is 1. The molecule has 38 valence electrons. The van der Waals surface area contributed by atoms with Gasteiger partial charge in [-0.1, -0.05) is 12.2 Å². The second kappa shape index (κ2) is 1.09. The average molecular weight is 98.1 g/mol. The molecule has 0 radical (unpaired) electrons. The van der Waals surface area contributed by atoms with Crippen LogP contribution in [0.25, 0.3) is 0 Å². The molecule has 0 aromatic carbocycles. The van der Waals surface area contributed by atoms with Crippen LogP contribution in [0.5, 0.6) is 0 Å². The monoisotopic (exact) mass is 98.0 g/mol. The molecule has 1 aliphatic carbocycles. The summed E-state index contributed by atoms with van der Waals surface area (Å²) in [5.41, 5.74) is 0.854. The predicted molar refractivity (Wildman–Crippen MR) is 24.9 cm³/mol. The smallest absolute Gasteiger partial charge is 0.310 e. The molecule has 0 aliphatic heterocycles. The zero-order valence-electron chi connectivity index (χ0n) is 3.85. The fraction of sp³-hybridized carbons (Fsp3) is 0.400. The summed E-state index contributed by atoms with van der Waals surface area (Å²) >= 11 is 0. The second-order valence-electron chi connectivity index (χ2n) is 1.75. The average Bonchev–Trinajstić information content (AvgIpc) is 2.17. The molecule has 0 unspecified atom stereocenters. The molecule has 2 heteroatoms. The maximum Gasteiger partial charge on any atom is 0.310 e. The largest absolute Gasteiger partial charge is 0.481 e. The third kappa shape index (κ3) is 0.633. The van der Waals surface area contributed by atoms with Crippen molar-refractivity contribution in [2.45, 2.75) is 6.42 Å². The van der Waals surface area contributed by atoms with Crippen LogP contribution >= 0.6 is 0 Å². The lowest BCUT2D eigenvalue weighted by Crippen LogP contribution is -1.95. The highest BCUT2D eigenvalue weighted by atomic mass is 16.4. The Balaban J connectivity index is 2.48. The molecular formula is C5H6O2. The van der Waals surface area contributed by atoms with Crippen LogP contribution in [0, 0.1) is 5.92 Å².